The van der Waals surface area contributed by atoms with Gasteiger partial charge in [-0.15, -0.1) is 0 Å². The molecule has 0 unspecified atom stereocenters. The van der Waals surface area contributed by atoms with E-state index in [2.05, 4.69) is 24.9 Å². The van der Waals surface area contributed by atoms with Crippen LogP contribution in [0.5, 0.6) is 0 Å². The third-order valence-electron chi connectivity index (χ3n) is 1.22. The lowest BCUT2D eigenvalue weighted by molar-refractivity contribution is 1.23. The van der Waals surface area contributed by atoms with Crippen LogP contribution in [0.15, 0.2) is 12.3 Å². The molecule has 0 saturated carbocycles. The maximum Gasteiger partial charge on any atom is 0.0145 e. The van der Waals surface area contributed by atoms with Crippen molar-refractivity contribution >= 4 is 8.41 Å². The van der Waals surface area contributed by atoms with Crippen molar-refractivity contribution in [1.29, 1.82) is 0 Å². The van der Waals surface area contributed by atoms with Crippen LogP contribution in [0.2, 0.25) is 0 Å². The van der Waals surface area contributed by atoms with Crippen LogP contribution in [0, 0.1) is 13.8 Å². The summed E-state index contributed by atoms with van der Waals surface area (Å²) in [5.74, 6) is 0. The van der Waals surface area contributed by atoms with Crippen LogP contribution in [0.4, 0.5) is 0 Å². The Morgan fingerprint density at radius 1 is 1.20 bits per heavy atom. The van der Waals surface area contributed by atoms with E-state index in [1.807, 2.05) is 20.0 Å². The predicted octanol–water partition coefficient (Wildman–Crippen LogP) is 2.28. The van der Waals surface area contributed by atoms with Gasteiger partial charge in [-0.1, -0.05) is 13.8 Å². The van der Waals surface area contributed by atoms with Crippen molar-refractivity contribution in [2.24, 2.45) is 0 Å². The monoisotopic (exact) mass is 136 g/mol. The molecule has 55 valence electrons. The number of hydrogen-bond acceptors (Lipinski definition) is 0. The predicted molar refractivity (Wildman–Crippen MR) is 47.4 cm³/mol. The number of aryl methyl sites for hydroxylation is 2. The van der Waals surface area contributed by atoms with E-state index in [1.165, 1.54) is 11.3 Å². The molecule has 2 heteroatoms. The average Bonchev–Trinajstić information content (AvgIpc) is 2.23. The highest BCUT2D eigenvalue weighted by molar-refractivity contribution is 5.75. The van der Waals surface area contributed by atoms with Gasteiger partial charge in [-0.2, -0.15) is 0 Å². The van der Waals surface area contributed by atoms with Gasteiger partial charge in [-0.25, -0.2) is 0 Å². The summed E-state index contributed by atoms with van der Waals surface area (Å²) in [4.78, 5) is 3.07. The fourth-order valence-electron chi connectivity index (χ4n) is 0.531. The van der Waals surface area contributed by atoms with Gasteiger partial charge in [0.1, 0.15) is 0 Å². The van der Waals surface area contributed by atoms with Gasteiger partial charge in [0, 0.05) is 20.3 Å². The van der Waals surface area contributed by atoms with E-state index in [0.717, 1.165) is 0 Å². The van der Waals surface area contributed by atoms with Crippen molar-refractivity contribution in [2.75, 3.05) is 0 Å². The molecule has 0 amide bonds. The zero-order valence-corrected chi connectivity index (χ0v) is 7.23. The van der Waals surface area contributed by atoms with Gasteiger partial charge < -0.3 is 4.98 Å². The molecule has 1 aromatic rings. The minimum Gasteiger partial charge on any atom is -0.365 e. The van der Waals surface area contributed by atoms with Crippen molar-refractivity contribution in [3.8, 4) is 0 Å². The molecule has 1 nitrogen and oxygen atoms in total. The molecule has 0 saturated heterocycles. The first-order valence-corrected chi connectivity index (χ1v) is 3.41. The molecule has 1 aromatic heterocycles. The molecule has 0 aliphatic rings. The Bertz CT molecular complexity index is 142. The fraction of sp³-hybridized carbons (Fsp3) is 0.500. The molecular formula is C8H15BN. The number of H-pyrrole nitrogens is 1. The van der Waals surface area contributed by atoms with Crippen LogP contribution >= 0.6 is 0 Å². The Kier molecular flexibility index (Phi) is 7.80. The lowest BCUT2D eigenvalue weighted by atomic mass is 10.3. The molecule has 0 spiro atoms. The normalized spacial score (nSPS) is 7.20. The molecular weight excluding hydrogens is 121 g/mol. The molecule has 0 aromatic carbocycles. The highest BCUT2D eigenvalue weighted by atomic mass is 14.7. The SMILES string of the molecule is CC.Cc1cc[nH]c1C.[B]. The first-order valence-electron chi connectivity index (χ1n) is 3.41. The lowest BCUT2D eigenvalue weighted by Crippen LogP contribution is -1.69. The van der Waals surface area contributed by atoms with E-state index < -0.39 is 0 Å². The van der Waals surface area contributed by atoms with Crippen molar-refractivity contribution < 1.29 is 0 Å². The maximum atomic E-state index is 3.07. The van der Waals surface area contributed by atoms with E-state index >= 15 is 0 Å². The smallest absolute Gasteiger partial charge is 0.0145 e. The van der Waals surface area contributed by atoms with Crippen LogP contribution in [-0.2, 0) is 0 Å². The highest BCUT2D eigenvalue weighted by Crippen LogP contribution is 1.99. The van der Waals surface area contributed by atoms with Crippen LogP contribution in [0.3, 0.4) is 0 Å². The Labute approximate surface area is 65.4 Å². The van der Waals surface area contributed by atoms with Gasteiger partial charge >= 0.3 is 0 Å². The summed E-state index contributed by atoms with van der Waals surface area (Å²) < 4.78 is 0. The summed E-state index contributed by atoms with van der Waals surface area (Å²) in [5.41, 5.74) is 2.60. The number of rotatable bonds is 0. The maximum absolute atomic E-state index is 3.07. The average molecular weight is 136 g/mol. The third-order valence-corrected chi connectivity index (χ3v) is 1.22. The van der Waals surface area contributed by atoms with Crippen molar-refractivity contribution in [3.05, 3.63) is 23.5 Å². The topological polar surface area (TPSA) is 15.8 Å². The molecule has 1 rings (SSSR count). The van der Waals surface area contributed by atoms with E-state index in [9.17, 15) is 0 Å². The van der Waals surface area contributed by atoms with Crippen LogP contribution in [0.1, 0.15) is 25.1 Å². The summed E-state index contributed by atoms with van der Waals surface area (Å²) in [6, 6.07) is 2.06. The number of hydrogen-bond donors (Lipinski definition) is 1. The Balaban J connectivity index is 0. The number of nitrogens with one attached hydrogen (secondary N) is 1. The van der Waals surface area contributed by atoms with E-state index in [4.69, 9.17) is 0 Å². The van der Waals surface area contributed by atoms with Crippen molar-refractivity contribution in [2.45, 2.75) is 27.7 Å². The summed E-state index contributed by atoms with van der Waals surface area (Å²) in [6.07, 6.45) is 1.95. The van der Waals surface area contributed by atoms with Crippen LogP contribution < -0.4 is 0 Å². The van der Waals surface area contributed by atoms with Gasteiger partial charge in [0.25, 0.3) is 0 Å². The second-order valence-electron chi connectivity index (χ2n) is 1.79. The third kappa shape index (κ3) is 3.39. The number of aromatic nitrogens is 1. The first kappa shape index (κ1) is 12.1. The standard InChI is InChI=1S/C6H9N.C2H6.B/c1-5-3-4-7-6(5)2;1-2;/h3-4,7H,1-2H3;1-2H3;. The molecule has 0 fully saturated rings. The molecule has 0 bridgehead atoms. The minimum absolute atomic E-state index is 0. The quantitative estimate of drug-likeness (QED) is 0.526. The van der Waals surface area contributed by atoms with Gasteiger partial charge in [0.15, 0.2) is 0 Å². The van der Waals surface area contributed by atoms with Gasteiger partial charge in [0.05, 0.1) is 0 Å². The number of aromatic amines is 1. The Morgan fingerprint density at radius 2 is 1.70 bits per heavy atom. The van der Waals surface area contributed by atoms with Gasteiger partial charge in [0.2, 0.25) is 0 Å². The van der Waals surface area contributed by atoms with Gasteiger partial charge in [-0.05, 0) is 25.5 Å². The first-order chi connectivity index (χ1) is 4.30. The highest BCUT2D eigenvalue weighted by Gasteiger charge is 1.85. The van der Waals surface area contributed by atoms with E-state index in [1.54, 1.807) is 0 Å². The molecule has 0 atom stereocenters. The zero-order valence-electron chi connectivity index (χ0n) is 7.23. The summed E-state index contributed by atoms with van der Waals surface area (Å²) in [7, 11) is 0. The van der Waals surface area contributed by atoms with Gasteiger partial charge in [-0.3, -0.25) is 0 Å². The lowest BCUT2D eigenvalue weighted by Gasteiger charge is -1.81. The van der Waals surface area contributed by atoms with Crippen molar-refractivity contribution in [1.82, 2.24) is 4.98 Å². The van der Waals surface area contributed by atoms with Crippen LogP contribution in [-0.4, -0.2) is 13.4 Å². The molecule has 10 heavy (non-hydrogen) atoms. The molecule has 0 aliphatic heterocycles. The largest absolute Gasteiger partial charge is 0.365 e. The zero-order chi connectivity index (χ0) is 7.28. The minimum atomic E-state index is 0. The summed E-state index contributed by atoms with van der Waals surface area (Å²) >= 11 is 0. The Hall–Kier alpha value is -0.655. The second-order valence-corrected chi connectivity index (χ2v) is 1.79. The fourth-order valence-corrected chi connectivity index (χ4v) is 0.531. The molecule has 3 radical (unpaired) electrons. The molecule has 0 aliphatic carbocycles. The van der Waals surface area contributed by atoms with Crippen molar-refractivity contribution in [3.63, 3.8) is 0 Å². The molecule has 1 heterocycles. The van der Waals surface area contributed by atoms with Crippen LogP contribution in [0.25, 0.3) is 0 Å². The summed E-state index contributed by atoms with van der Waals surface area (Å²) in [5, 5.41) is 0. The Morgan fingerprint density at radius 3 is 1.80 bits per heavy atom. The molecule has 1 N–H and O–H groups in total. The second kappa shape index (κ2) is 6.46. The van der Waals surface area contributed by atoms with E-state index in [0.29, 0.717) is 0 Å². The van der Waals surface area contributed by atoms with E-state index in [-0.39, 0.29) is 8.41 Å². The summed E-state index contributed by atoms with van der Waals surface area (Å²) in [6.45, 7) is 8.15.